The van der Waals surface area contributed by atoms with Gasteiger partial charge in [-0.25, -0.2) is 4.79 Å². The third-order valence-corrected chi connectivity index (χ3v) is 2.96. The normalized spacial score (nSPS) is 12.9. The number of hydrogen-bond donors (Lipinski definition) is 0. The van der Waals surface area contributed by atoms with Crippen LogP contribution >= 0.6 is 0 Å². The van der Waals surface area contributed by atoms with Gasteiger partial charge in [0.2, 0.25) is 0 Å². The van der Waals surface area contributed by atoms with Crippen molar-refractivity contribution in [3.05, 3.63) is 34.9 Å². The van der Waals surface area contributed by atoms with Crippen molar-refractivity contribution >= 4 is 17.9 Å². The molecule has 6 heteroatoms. The van der Waals surface area contributed by atoms with Crippen molar-refractivity contribution in [2.45, 2.75) is 12.5 Å². The Morgan fingerprint density at radius 1 is 1.21 bits per heavy atom. The van der Waals surface area contributed by atoms with E-state index < -0.39 is 23.8 Å². The number of ether oxygens (including phenoxy) is 3. The maximum absolute atomic E-state index is 11.7. The molecule has 0 atom stereocenters. The zero-order valence-corrected chi connectivity index (χ0v) is 10.5. The van der Waals surface area contributed by atoms with Gasteiger partial charge in [0.05, 0.1) is 19.8 Å². The molecule has 1 aliphatic heterocycles. The first kappa shape index (κ1) is 13.1. The molecule has 0 bridgehead atoms. The first-order valence-electron chi connectivity index (χ1n) is 5.54. The van der Waals surface area contributed by atoms with Crippen molar-refractivity contribution in [1.82, 2.24) is 0 Å². The number of rotatable bonds is 3. The summed E-state index contributed by atoms with van der Waals surface area (Å²) in [5.74, 6) is -3.15. The second kappa shape index (κ2) is 5.09. The molecule has 0 unspecified atom stereocenters. The largest absolute Gasteiger partial charge is 0.468 e. The molecule has 1 heterocycles. The van der Waals surface area contributed by atoms with Gasteiger partial charge in [-0.1, -0.05) is 12.1 Å². The van der Waals surface area contributed by atoms with E-state index in [0.29, 0.717) is 16.7 Å². The van der Waals surface area contributed by atoms with Crippen LogP contribution in [0.25, 0.3) is 0 Å². The smallest absolute Gasteiger partial charge is 0.338 e. The summed E-state index contributed by atoms with van der Waals surface area (Å²) in [6, 6.07) is 4.75. The van der Waals surface area contributed by atoms with Crippen LogP contribution in [0.15, 0.2) is 18.2 Å². The van der Waals surface area contributed by atoms with Gasteiger partial charge in [0.25, 0.3) is 0 Å². The Kier molecular flexibility index (Phi) is 3.50. The van der Waals surface area contributed by atoms with Gasteiger partial charge in [0.15, 0.2) is 5.92 Å². The Labute approximate surface area is 109 Å². The summed E-state index contributed by atoms with van der Waals surface area (Å²) in [5, 5.41) is 0. The summed E-state index contributed by atoms with van der Waals surface area (Å²) < 4.78 is 14.1. The number of cyclic esters (lactones) is 1. The fourth-order valence-electron chi connectivity index (χ4n) is 2.03. The van der Waals surface area contributed by atoms with E-state index in [1.165, 1.54) is 14.2 Å². The van der Waals surface area contributed by atoms with Crippen molar-refractivity contribution in [2.24, 2.45) is 0 Å². The van der Waals surface area contributed by atoms with E-state index >= 15 is 0 Å². The molecule has 19 heavy (non-hydrogen) atoms. The standard InChI is InChI=1S/C13H12O6/c1-17-12(15)10(13(16)18-2)7-4-3-5-8-9(7)6-19-11(8)14/h3-5,10H,6H2,1-2H3. The van der Waals surface area contributed by atoms with E-state index in [1.807, 2.05) is 0 Å². The van der Waals surface area contributed by atoms with Gasteiger partial charge >= 0.3 is 17.9 Å². The third kappa shape index (κ3) is 2.16. The minimum absolute atomic E-state index is 0.0365. The van der Waals surface area contributed by atoms with Crippen molar-refractivity contribution in [2.75, 3.05) is 14.2 Å². The molecule has 0 spiro atoms. The molecular formula is C13H12O6. The Bertz CT molecular complexity index is 532. The monoisotopic (exact) mass is 264 g/mol. The van der Waals surface area contributed by atoms with E-state index in [1.54, 1.807) is 18.2 Å². The number of methoxy groups -OCH3 is 2. The maximum atomic E-state index is 11.7. The quantitative estimate of drug-likeness (QED) is 0.456. The van der Waals surface area contributed by atoms with Gasteiger partial charge in [0, 0.05) is 5.56 Å². The Morgan fingerprint density at radius 2 is 1.84 bits per heavy atom. The summed E-state index contributed by atoms with van der Waals surface area (Å²) >= 11 is 0. The summed E-state index contributed by atoms with van der Waals surface area (Å²) in [5.41, 5.74) is 1.26. The number of fused-ring (bicyclic) bond motifs is 1. The Balaban J connectivity index is 2.52. The molecule has 0 saturated heterocycles. The second-order valence-electron chi connectivity index (χ2n) is 3.93. The van der Waals surface area contributed by atoms with E-state index in [4.69, 9.17) is 4.74 Å². The van der Waals surface area contributed by atoms with E-state index in [2.05, 4.69) is 9.47 Å². The predicted octanol–water partition coefficient (Wildman–Crippen LogP) is 0.787. The van der Waals surface area contributed by atoms with Crippen molar-refractivity contribution in [3.63, 3.8) is 0 Å². The first-order chi connectivity index (χ1) is 9.10. The highest BCUT2D eigenvalue weighted by Gasteiger charge is 2.36. The first-order valence-corrected chi connectivity index (χ1v) is 5.54. The lowest BCUT2D eigenvalue weighted by atomic mass is 9.92. The highest BCUT2D eigenvalue weighted by atomic mass is 16.5. The molecule has 0 N–H and O–H groups in total. The minimum Gasteiger partial charge on any atom is -0.468 e. The van der Waals surface area contributed by atoms with Crippen LogP contribution in [0, 0.1) is 0 Å². The van der Waals surface area contributed by atoms with Gasteiger partial charge in [-0.15, -0.1) is 0 Å². The molecule has 0 fully saturated rings. The molecule has 0 amide bonds. The molecule has 0 aliphatic carbocycles. The number of benzene rings is 1. The topological polar surface area (TPSA) is 78.9 Å². The van der Waals surface area contributed by atoms with Crippen LogP contribution in [0.5, 0.6) is 0 Å². The number of hydrogen-bond acceptors (Lipinski definition) is 6. The predicted molar refractivity (Wildman–Crippen MR) is 62.3 cm³/mol. The highest BCUT2D eigenvalue weighted by Crippen LogP contribution is 2.30. The Hall–Kier alpha value is -2.37. The van der Waals surface area contributed by atoms with E-state index in [9.17, 15) is 14.4 Å². The molecular weight excluding hydrogens is 252 g/mol. The van der Waals surface area contributed by atoms with E-state index in [0.717, 1.165) is 0 Å². The number of carbonyl (C=O) groups excluding carboxylic acids is 3. The van der Waals surface area contributed by atoms with Gasteiger partial charge in [-0.2, -0.15) is 0 Å². The maximum Gasteiger partial charge on any atom is 0.338 e. The van der Waals surface area contributed by atoms with E-state index in [-0.39, 0.29) is 6.61 Å². The van der Waals surface area contributed by atoms with Crippen LogP contribution < -0.4 is 0 Å². The average molecular weight is 264 g/mol. The van der Waals surface area contributed by atoms with Crippen molar-refractivity contribution < 1.29 is 28.6 Å². The van der Waals surface area contributed by atoms with Gasteiger partial charge in [-0.05, 0) is 11.6 Å². The lowest BCUT2D eigenvalue weighted by Gasteiger charge is -2.14. The lowest BCUT2D eigenvalue weighted by Crippen LogP contribution is -2.25. The average Bonchev–Trinajstić information content (AvgIpc) is 2.81. The molecule has 2 rings (SSSR count). The fourth-order valence-corrected chi connectivity index (χ4v) is 2.03. The third-order valence-electron chi connectivity index (χ3n) is 2.96. The minimum atomic E-state index is -1.21. The summed E-state index contributed by atoms with van der Waals surface area (Å²) in [6.45, 7) is 0.0365. The zero-order chi connectivity index (χ0) is 14.0. The van der Waals surface area contributed by atoms with Crippen LogP contribution in [-0.4, -0.2) is 32.1 Å². The fraction of sp³-hybridized carbons (Fsp3) is 0.308. The SMILES string of the molecule is COC(=O)C(C(=O)OC)c1cccc2c1COC2=O. The van der Waals surface area contributed by atoms with Crippen LogP contribution in [0.2, 0.25) is 0 Å². The summed E-state index contributed by atoms with van der Waals surface area (Å²) in [7, 11) is 2.37. The molecule has 100 valence electrons. The number of carbonyl (C=O) groups is 3. The van der Waals surface area contributed by atoms with Crippen molar-refractivity contribution in [1.29, 1.82) is 0 Å². The molecule has 1 aliphatic rings. The molecule has 1 aromatic carbocycles. The van der Waals surface area contributed by atoms with Gasteiger partial charge in [0.1, 0.15) is 6.61 Å². The van der Waals surface area contributed by atoms with Crippen molar-refractivity contribution in [3.8, 4) is 0 Å². The summed E-state index contributed by atoms with van der Waals surface area (Å²) in [6.07, 6.45) is 0. The molecule has 0 saturated carbocycles. The van der Waals surface area contributed by atoms with Crippen LogP contribution in [0.4, 0.5) is 0 Å². The number of esters is 3. The Morgan fingerprint density at radius 3 is 2.42 bits per heavy atom. The summed E-state index contributed by atoms with van der Waals surface area (Å²) in [4.78, 5) is 35.0. The molecule has 0 aromatic heterocycles. The van der Waals surface area contributed by atoms with Gasteiger partial charge in [-0.3, -0.25) is 9.59 Å². The van der Waals surface area contributed by atoms with Crippen LogP contribution in [-0.2, 0) is 30.4 Å². The molecule has 0 radical (unpaired) electrons. The lowest BCUT2D eigenvalue weighted by molar-refractivity contribution is -0.154. The van der Waals surface area contributed by atoms with Crippen LogP contribution in [0.1, 0.15) is 27.4 Å². The highest BCUT2D eigenvalue weighted by molar-refractivity contribution is 6.02. The zero-order valence-electron chi connectivity index (χ0n) is 10.5. The van der Waals surface area contributed by atoms with Crippen LogP contribution in [0.3, 0.4) is 0 Å². The molecule has 1 aromatic rings. The molecule has 6 nitrogen and oxygen atoms in total. The second-order valence-corrected chi connectivity index (χ2v) is 3.93. The van der Waals surface area contributed by atoms with Gasteiger partial charge < -0.3 is 14.2 Å².